The van der Waals surface area contributed by atoms with Crippen molar-refractivity contribution >= 4 is 17.5 Å². The van der Waals surface area contributed by atoms with Gasteiger partial charge in [-0.25, -0.2) is 0 Å². The molecule has 2 aromatic rings. The highest BCUT2D eigenvalue weighted by Gasteiger charge is 2.07. The Kier molecular flexibility index (Phi) is 4.64. The molecule has 0 aliphatic heterocycles. The molecule has 0 aliphatic carbocycles. The molecule has 0 fully saturated rings. The van der Waals surface area contributed by atoms with Crippen LogP contribution in [0.15, 0.2) is 48.5 Å². The minimum absolute atomic E-state index is 0.0106. The number of amides is 1. The van der Waals surface area contributed by atoms with Crippen molar-refractivity contribution in [3.63, 3.8) is 0 Å². The second kappa shape index (κ2) is 6.44. The fraction of sp³-hybridized carbons (Fsp3) is 0.188. The van der Waals surface area contributed by atoms with Crippen molar-refractivity contribution in [2.75, 3.05) is 14.1 Å². The Bertz CT molecular complexity index is 594. The molecule has 0 aromatic heterocycles. The van der Waals surface area contributed by atoms with E-state index in [9.17, 15) is 4.79 Å². The van der Waals surface area contributed by atoms with Gasteiger partial charge in [0.15, 0.2) is 0 Å². The quantitative estimate of drug-likeness (QED) is 0.860. The zero-order valence-electron chi connectivity index (χ0n) is 11.5. The Hall–Kier alpha value is -2.00. The van der Waals surface area contributed by atoms with Gasteiger partial charge in [0.1, 0.15) is 12.4 Å². The van der Waals surface area contributed by atoms with Crippen LogP contribution in [0.5, 0.6) is 5.75 Å². The number of halogens is 1. The molecule has 20 heavy (non-hydrogen) atoms. The predicted octanol–water partition coefficient (Wildman–Crippen LogP) is 3.62. The standard InChI is InChI=1S/C16H16ClNO2/c1-18(2)16(19)13-9-7-12(8-10-13)11-20-15-6-4-3-5-14(15)17/h3-10H,11H2,1-2H3. The van der Waals surface area contributed by atoms with E-state index in [1.807, 2.05) is 30.3 Å². The van der Waals surface area contributed by atoms with Crippen LogP contribution >= 0.6 is 11.6 Å². The average Bonchev–Trinajstić information content (AvgIpc) is 2.46. The van der Waals surface area contributed by atoms with E-state index in [0.29, 0.717) is 22.9 Å². The Labute approximate surface area is 123 Å². The predicted molar refractivity (Wildman–Crippen MR) is 80.2 cm³/mol. The molecule has 1 amide bonds. The number of rotatable bonds is 4. The smallest absolute Gasteiger partial charge is 0.253 e. The first-order valence-corrected chi connectivity index (χ1v) is 6.63. The van der Waals surface area contributed by atoms with Gasteiger partial charge in [-0.15, -0.1) is 0 Å². The van der Waals surface area contributed by atoms with E-state index in [-0.39, 0.29) is 5.91 Å². The molecule has 0 saturated carbocycles. The van der Waals surface area contributed by atoms with Crippen LogP contribution in [0.3, 0.4) is 0 Å². The van der Waals surface area contributed by atoms with E-state index in [4.69, 9.17) is 16.3 Å². The van der Waals surface area contributed by atoms with Crippen molar-refractivity contribution in [2.24, 2.45) is 0 Å². The van der Waals surface area contributed by atoms with E-state index in [1.165, 1.54) is 0 Å². The van der Waals surface area contributed by atoms with Crippen LogP contribution in [0, 0.1) is 0 Å². The van der Waals surface area contributed by atoms with E-state index >= 15 is 0 Å². The molecule has 0 radical (unpaired) electrons. The Morgan fingerprint density at radius 3 is 2.35 bits per heavy atom. The maximum Gasteiger partial charge on any atom is 0.253 e. The van der Waals surface area contributed by atoms with Gasteiger partial charge in [-0.3, -0.25) is 4.79 Å². The molecule has 4 heteroatoms. The summed E-state index contributed by atoms with van der Waals surface area (Å²) < 4.78 is 5.64. The molecular weight excluding hydrogens is 274 g/mol. The number of ether oxygens (including phenoxy) is 1. The third-order valence-electron chi connectivity index (χ3n) is 2.84. The number of carbonyl (C=O) groups is 1. The summed E-state index contributed by atoms with van der Waals surface area (Å²) in [6.07, 6.45) is 0. The zero-order chi connectivity index (χ0) is 14.5. The maximum absolute atomic E-state index is 11.8. The van der Waals surface area contributed by atoms with Gasteiger partial charge in [-0.05, 0) is 29.8 Å². The highest BCUT2D eigenvalue weighted by Crippen LogP contribution is 2.24. The number of hydrogen-bond donors (Lipinski definition) is 0. The largest absolute Gasteiger partial charge is 0.487 e. The summed E-state index contributed by atoms with van der Waals surface area (Å²) >= 11 is 6.02. The minimum Gasteiger partial charge on any atom is -0.487 e. The van der Waals surface area contributed by atoms with Gasteiger partial charge in [-0.1, -0.05) is 35.9 Å². The first kappa shape index (κ1) is 14.4. The molecule has 0 N–H and O–H groups in total. The second-order valence-electron chi connectivity index (χ2n) is 4.62. The van der Waals surface area contributed by atoms with Crippen LogP contribution in [0.25, 0.3) is 0 Å². The molecular formula is C16H16ClNO2. The van der Waals surface area contributed by atoms with Crippen LogP contribution in [0.1, 0.15) is 15.9 Å². The monoisotopic (exact) mass is 289 g/mol. The number of carbonyl (C=O) groups excluding carboxylic acids is 1. The van der Waals surface area contributed by atoms with E-state index in [2.05, 4.69) is 0 Å². The van der Waals surface area contributed by atoms with E-state index in [1.54, 1.807) is 37.2 Å². The Morgan fingerprint density at radius 1 is 1.10 bits per heavy atom. The first-order valence-electron chi connectivity index (χ1n) is 6.26. The van der Waals surface area contributed by atoms with Crippen LogP contribution < -0.4 is 4.74 Å². The van der Waals surface area contributed by atoms with Crippen molar-refractivity contribution in [1.29, 1.82) is 0 Å². The summed E-state index contributed by atoms with van der Waals surface area (Å²) in [6, 6.07) is 14.7. The number of nitrogens with zero attached hydrogens (tertiary/aromatic N) is 1. The van der Waals surface area contributed by atoms with Gasteiger partial charge in [0, 0.05) is 19.7 Å². The van der Waals surface area contributed by atoms with Gasteiger partial charge < -0.3 is 9.64 Å². The highest BCUT2D eigenvalue weighted by molar-refractivity contribution is 6.32. The molecule has 0 atom stereocenters. The topological polar surface area (TPSA) is 29.5 Å². The van der Waals surface area contributed by atoms with Gasteiger partial charge in [0.2, 0.25) is 0 Å². The van der Waals surface area contributed by atoms with Crippen molar-refractivity contribution in [2.45, 2.75) is 6.61 Å². The zero-order valence-corrected chi connectivity index (χ0v) is 12.2. The summed E-state index contributed by atoms with van der Waals surface area (Å²) in [4.78, 5) is 13.3. The molecule has 3 nitrogen and oxygen atoms in total. The highest BCUT2D eigenvalue weighted by atomic mass is 35.5. The van der Waals surface area contributed by atoms with Crippen LogP contribution in [0.2, 0.25) is 5.02 Å². The summed E-state index contributed by atoms with van der Waals surface area (Å²) in [5.41, 5.74) is 1.65. The number of para-hydroxylation sites is 1. The third-order valence-corrected chi connectivity index (χ3v) is 3.15. The lowest BCUT2D eigenvalue weighted by Crippen LogP contribution is -2.21. The van der Waals surface area contributed by atoms with Crippen molar-refractivity contribution in [3.05, 3.63) is 64.7 Å². The molecule has 2 rings (SSSR count). The minimum atomic E-state index is -0.0106. The molecule has 104 valence electrons. The van der Waals surface area contributed by atoms with E-state index < -0.39 is 0 Å². The van der Waals surface area contributed by atoms with Gasteiger partial charge in [0.25, 0.3) is 5.91 Å². The average molecular weight is 290 g/mol. The lowest BCUT2D eigenvalue weighted by Gasteiger charge is -2.11. The van der Waals surface area contributed by atoms with Crippen molar-refractivity contribution < 1.29 is 9.53 Å². The summed E-state index contributed by atoms with van der Waals surface area (Å²) in [6.45, 7) is 0.417. The van der Waals surface area contributed by atoms with Gasteiger partial charge in [-0.2, -0.15) is 0 Å². The Morgan fingerprint density at radius 2 is 1.75 bits per heavy atom. The molecule has 0 bridgehead atoms. The molecule has 2 aromatic carbocycles. The second-order valence-corrected chi connectivity index (χ2v) is 5.02. The number of hydrogen-bond acceptors (Lipinski definition) is 2. The fourth-order valence-electron chi connectivity index (χ4n) is 1.72. The van der Waals surface area contributed by atoms with Crippen LogP contribution in [-0.2, 0) is 6.61 Å². The lowest BCUT2D eigenvalue weighted by atomic mass is 10.1. The lowest BCUT2D eigenvalue weighted by molar-refractivity contribution is 0.0827. The third kappa shape index (κ3) is 3.52. The van der Waals surface area contributed by atoms with Crippen LogP contribution in [-0.4, -0.2) is 24.9 Å². The van der Waals surface area contributed by atoms with E-state index in [0.717, 1.165) is 5.56 Å². The molecule has 0 saturated heterocycles. The molecule has 0 aliphatic rings. The molecule has 0 unspecified atom stereocenters. The summed E-state index contributed by atoms with van der Waals surface area (Å²) in [5.74, 6) is 0.645. The van der Waals surface area contributed by atoms with Crippen molar-refractivity contribution in [1.82, 2.24) is 4.90 Å². The van der Waals surface area contributed by atoms with Gasteiger partial charge >= 0.3 is 0 Å². The summed E-state index contributed by atoms with van der Waals surface area (Å²) in [5, 5.41) is 0.590. The fourth-order valence-corrected chi connectivity index (χ4v) is 1.91. The first-order chi connectivity index (χ1) is 9.58. The molecule has 0 heterocycles. The van der Waals surface area contributed by atoms with Crippen molar-refractivity contribution in [3.8, 4) is 5.75 Å². The summed E-state index contributed by atoms with van der Waals surface area (Å²) in [7, 11) is 3.47. The molecule has 0 spiro atoms. The maximum atomic E-state index is 11.8. The van der Waals surface area contributed by atoms with Crippen LogP contribution in [0.4, 0.5) is 0 Å². The number of benzene rings is 2. The normalized spacial score (nSPS) is 10.2. The van der Waals surface area contributed by atoms with Gasteiger partial charge in [0.05, 0.1) is 5.02 Å². The Balaban J connectivity index is 2.01. The SMILES string of the molecule is CN(C)C(=O)c1ccc(COc2ccccc2Cl)cc1.